The summed E-state index contributed by atoms with van der Waals surface area (Å²) >= 11 is 3.96. The van der Waals surface area contributed by atoms with Crippen molar-refractivity contribution in [1.82, 2.24) is 10.6 Å². The maximum Gasteiger partial charge on any atom is 0.302 e. The molecular weight excluding hydrogens is 296 g/mol. The van der Waals surface area contributed by atoms with Crippen LogP contribution in [-0.2, 0) is 19.1 Å². The summed E-state index contributed by atoms with van der Waals surface area (Å²) in [6.07, 6.45) is -1.21. The lowest BCUT2D eigenvalue weighted by molar-refractivity contribution is -0.151. The Balaban J connectivity index is 4.14. The Hall–Kier alpha value is -1.28. The first-order valence-corrected chi connectivity index (χ1v) is 7.30. The normalized spacial score (nSPS) is 12.4. The number of rotatable bonds is 9. The third kappa shape index (κ3) is 8.56. The van der Waals surface area contributed by atoms with Crippen LogP contribution in [0.2, 0.25) is 0 Å². The van der Waals surface area contributed by atoms with Gasteiger partial charge >= 0.3 is 5.97 Å². The second-order valence-electron chi connectivity index (χ2n) is 5.29. The minimum atomic E-state index is -1.34. The SMILES string of the molecule is CC(=O)OCC(C)(C)[C@@H](O)C(=O)NCCC(=O)NCCS. The number of aliphatic hydroxyl groups excluding tert-OH is 1. The monoisotopic (exact) mass is 320 g/mol. The van der Waals surface area contributed by atoms with Crippen LogP contribution in [-0.4, -0.2) is 54.4 Å². The number of aliphatic hydroxyl groups is 1. The summed E-state index contributed by atoms with van der Waals surface area (Å²) in [5.41, 5.74) is -0.913. The fraction of sp³-hybridized carbons (Fsp3) is 0.769. The van der Waals surface area contributed by atoms with Crippen molar-refractivity contribution in [2.75, 3.05) is 25.4 Å². The lowest BCUT2D eigenvalue weighted by atomic mass is 9.87. The summed E-state index contributed by atoms with van der Waals surface area (Å²) in [4.78, 5) is 33.9. The van der Waals surface area contributed by atoms with Crippen molar-refractivity contribution in [3.05, 3.63) is 0 Å². The van der Waals surface area contributed by atoms with Crippen LogP contribution in [0.5, 0.6) is 0 Å². The van der Waals surface area contributed by atoms with Gasteiger partial charge in [0.25, 0.3) is 0 Å². The minimum absolute atomic E-state index is 0.0701. The van der Waals surface area contributed by atoms with Gasteiger partial charge in [-0.1, -0.05) is 13.8 Å². The molecule has 0 aromatic rings. The average Bonchev–Trinajstić information content (AvgIpc) is 2.42. The fourth-order valence-electron chi connectivity index (χ4n) is 1.40. The molecule has 0 bridgehead atoms. The maximum absolute atomic E-state index is 11.8. The summed E-state index contributed by atoms with van der Waals surface area (Å²) in [5, 5.41) is 15.0. The predicted octanol–water partition coefficient (Wildman–Crippen LogP) is -0.511. The Bertz CT molecular complexity index is 374. The molecule has 0 aliphatic heterocycles. The maximum atomic E-state index is 11.8. The van der Waals surface area contributed by atoms with Crippen LogP contribution in [0, 0.1) is 5.41 Å². The van der Waals surface area contributed by atoms with Crippen molar-refractivity contribution < 1.29 is 24.2 Å². The van der Waals surface area contributed by atoms with Crippen molar-refractivity contribution in [3.63, 3.8) is 0 Å². The Kier molecular flexibility index (Phi) is 9.03. The van der Waals surface area contributed by atoms with Gasteiger partial charge in [0.15, 0.2) is 0 Å². The van der Waals surface area contributed by atoms with Gasteiger partial charge in [0, 0.05) is 37.6 Å². The van der Waals surface area contributed by atoms with Crippen LogP contribution in [0.4, 0.5) is 0 Å². The Labute approximate surface area is 130 Å². The zero-order chi connectivity index (χ0) is 16.5. The van der Waals surface area contributed by atoms with E-state index in [0.29, 0.717) is 12.3 Å². The number of hydrogen-bond donors (Lipinski definition) is 4. The van der Waals surface area contributed by atoms with Crippen molar-refractivity contribution in [2.24, 2.45) is 5.41 Å². The molecule has 0 saturated carbocycles. The highest BCUT2D eigenvalue weighted by Gasteiger charge is 2.34. The predicted molar refractivity (Wildman–Crippen MR) is 80.9 cm³/mol. The highest BCUT2D eigenvalue weighted by atomic mass is 32.1. The molecule has 1 atom stereocenters. The van der Waals surface area contributed by atoms with Crippen LogP contribution in [0.1, 0.15) is 27.2 Å². The van der Waals surface area contributed by atoms with Gasteiger partial charge in [-0.2, -0.15) is 12.6 Å². The molecular formula is C13H24N2O5S. The zero-order valence-corrected chi connectivity index (χ0v) is 13.5. The Morgan fingerprint density at radius 2 is 1.86 bits per heavy atom. The molecule has 7 nitrogen and oxygen atoms in total. The molecule has 2 amide bonds. The first kappa shape index (κ1) is 19.7. The second kappa shape index (κ2) is 9.62. The van der Waals surface area contributed by atoms with E-state index in [-0.39, 0.29) is 25.5 Å². The number of carbonyl (C=O) groups is 3. The highest BCUT2D eigenvalue weighted by molar-refractivity contribution is 7.80. The van der Waals surface area contributed by atoms with Crippen LogP contribution in [0.25, 0.3) is 0 Å². The van der Waals surface area contributed by atoms with Crippen LogP contribution >= 0.6 is 12.6 Å². The molecule has 21 heavy (non-hydrogen) atoms. The molecule has 0 aliphatic carbocycles. The number of esters is 1. The smallest absolute Gasteiger partial charge is 0.302 e. The van der Waals surface area contributed by atoms with E-state index in [1.54, 1.807) is 13.8 Å². The molecule has 8 heteroatoms. The minimum Gasteiger partial charge on any atom is -0.465 e. The van der Waals surface area contributed by atoms with Crippen LogP contribution in [0.3, 0.4) is 0 Å². The second-order valence-corrected chi connectivity index (χ2v) is 5.73. The highest BCUT2D eigenvalue weighted by Crippen LogP contribution is 2.21. The lowest BCUT2D eigenvalue weighted by Crippen LogP contribution is -2.46. The zero-order valence-electron chi connectivity index (χ0n) is 12.6. The van der Waals surface area contributed by atoms with Crippen molar-refractivity contribution in [3.8, 4) is 0 Å². The van der Waals surface area contributed by atoms with Crippen LogP contribution < -0.4 is 10.6 Å². The van der Waals surface area contributed by atoms with E-state index in [1.165, 1.54) is 6.92 Å². The van der Waals surface area contributed by atoms with Gasteiger partial charge in [0.1, 0.15) is 6.10 Å². The van der Waals surface area contributed by atoms with E-state index in [0.717, 1.165) is 0 Å². The molecule has 0 fully saturated rings. The van der Waals surface area contributed by atoms with Gasteiger partial charge in [-0.05, 0) is 0 Å². The molecule has 0 aliphatic rings. The number of hydrogen-bond acceptors (Lipinski definition) is 6. The van der Waals surface area contributed by atoms with Gasteiger partial charge in [-0.3, -0.25) is 14.4 Å². The summed E-state index contributed by atoms with van der Waals surface area (Å²) < 4.78 is 4.81. The third-order valence-electron chi connectivity index (χ3n) is 2.72. The van der Waals surface area contributed by atoms with E-state index in [9.17, 15) is 19.5 Å². The largest absolute Gasteiger partial charge is 0.465 e. The van der Waals surface area contributed by atoms with Gasteiger partial charge in [-0.15, -0.1) is 0 Å². The van der Waals surface area contributed by atoms with Crippen molar-refractivity contribution >= 4 is 30.4 Å². The van der Waals surface area contributed by atoms with Gasteiger partial charge in [-0.25, -0.2) is 0 Å². The molecule has 0 spiro atoms. The number of carbonyl (C=O) groups excluding carboxylic acids is 3. The summed E-state index contributed by atoms with van der Waals surface area (Å²) in [6.45, 7) is 5.00. The van der Waals surface area contributed by atoms with E-state index >= 15 is 0 Å². The summed E-state index contributed by atoms with van der Waals surface area (Å²) in [6, 6.07) is 0. The number of nitrogens with one attached hydrogen (secondary N) is 2. The van der Waals surface area contributed by atoms with Crippen LogP contribution in [0.15, 0.2) is 0 Å². The van der Waals surface area contributed by atoms with Gasteiger partial charge in [0.05, 0.1) is 6.61 Å². The molecule has 0 rings (SSSR count). The van der Waals surface area contributed by atoms with E-state index in [1.807, 2.05) is 0 Å². The Morgan fingerprint density at radius 1 is 1.24 bits per heavy atom. The molecule has 0 saturated heterocycles. The molecule has 0 unspecified atom stereocenters. The number of amides is 2. The molecule has 0 aromatic heterocycles. The molecule has 0 radical (unpaired) electrons. The topological polar surface area (TPSA) is 105 Å². The van der Waals surface area contributed by atoms with E-state index < -0.39 is 23.4 Å². The molecule has 122 valence electrons. The fourth-order valence-corrected chi connectivity index (χ4v) is 1.51. The van der Waals surface area contributed by atoms with Gasteiger partial charge in [0.2, 0.25) is 11.8 Å². The van der Waals surface area contributed by atoms with E-state index in [4.69, 9.17) is 4.74 Å². The lowest BCUT2D eigenvalue weighted by Gasteiger charge is -2.28. The molecule has 0 heterocycles. The standard InChI is InChI=1S/C13H24N2O5S/c1-9(16)20-8-13(2,3)11(18)12(19)15-5-4-10(17)14-6-7-21/h11,18,21H,4-8H2,1-3H3,(H,14,17)(H,15,19)/t11-/m0/s1. The quantitative estimate of drug-likeness (QED) is 0.338. The first-order chi connectivity index (χ1) is 9.70. The number of thiol groups is 1. The first-order valence-electron chi connectivity index (χ1n) is 6.67. The molecule has 0 aromatic carbocycles. The number of ether oxygens (including phenoxy) is 1. The summed E-state index contributed by atoms with van der Waals surface area (Å²) in [7, 11) is 0. The average molecular weight is 320 g/mol. The van der Waals surface area contributed by atoms with Crippen molar-refractivity contribution in [2.45, 2.75) is 33.3 Å². The molecule has 3 N–H and O–H groups in total. The van der Waals surface area contributed by atoms with Gasteiger partial charge < -0.3 is 20.5 Å². The Morgan fingerprint density at radius 3 is 2.38 bits per heavy atom. The van der Waals surface area contributed by atoms with E-state index in [2.05, 4.69) is 23.3 Å². The summed E-state index contributed by atoms with van der Waals surface area (Å²) in [5.74, 6) is -0.732. The van der Waals surface area contributed by atoms with Crippen molar-refractivity contribution in [1.29, 1.82) is 0 Å². The third-order valence-corrected chi connectivity index (χ3v) is 2.94.